The summed E-state index contributed by atoms with van der Waals surface area (Å²) in [6, 6.07) is 53.3. The van der Waals surface area contributed by atoms with Crippen LogP contribution in [0.3, 0.4) is 0 Å². The first-order valence-corrected chi connectivity index (χ1v) is 12.7. The highest BCUT2D eigenvalue weighted by atomic mass is 15.2. The Kier molecular flexibility index (Phi) is 6.46. The minimum atomic E-state index is -0.0496. The number of nitrogens with zero attached hydrogens (tertiary/aromatic N) is 2. The first-order chi connectivity index (χ1) is 18.4. The highest BCUT2D eigenvalue weighted by molar-refractivity contribution is 6.12. The zero-order valence-corrected chi connectivity index (χ0v) is 20.6. The summed E-state index contributed by atoms with van der Waals surface area (Å²) in [6.45, 7) is 0.757. The van der Waals surface area contributed by atoms with E-state index in [1.165, 1.54) is 11.1 Å². The Balaban J connectivity index is 1.67. The van der Waals surface area contributed by atoms with Gasteiger partial charge in [0.05, 0.1) is 23.1 Å². The second-order valence-electron chi connectivity index (χ2n) is 9.22. The van der Waals surface area contributed by atoms with Crippen LogP contribution in [0, 0.1) is 0 Å². The van der Waals surface area contributed by atoms with Crippen molar-refractivity contribution in [2.45, 2.75) is 12.6 Å². The van der Waals surface area contributed by atoms with E-state index in [2.05, 4.69) is 157 Å². The van der Waals surface area contributed by atoms with Crippen molar-refractivity contribution in [3.05, 3.63) is 179 Å². The van der Waals surface area contributed by atoms with Crippen LogP contribution in [0.4, 0.5) is 0 Å². The summed E-state index contributed by atoms with van der Waals surface area (Å²) in [7, 11) is 0. The second kappa shape index (κ2) is 10.5. The molecule has 0 saturated heterocycles. The average Bonchev–Trinajstić information content (AvgIpc) is 2.99. The van der Waals surface area contributed by atoms with Gasteiger partial charge in [0.2, 0.25) is 0 Å². The lowest BCUT2D eigenvalue weighted by Crippen LogP contribution is -2.36. The molecule has 2 nitrogen and oxygen atoms in total. The molecule has 178 valence electrons. The predicted octanol–water partition coefficient (Wildman–Crippen LogP) is 8.26. The van der Waals surface area contributed by atoms with Crippen LogP contribution in [0.2, 0.25) is 0 Å². The van der Waals surface area contributed by atoms with E-state index >= 15 is 0 Å². The molecule has 0 saturated carbocycles. The molecule has 0 fully saturated rings. The van der Waals surface area contributed by atoms with E-state index < -0.39 is 0 Å². The Morgan fingerprint density at radius 2 is 0.946 bits per heavy atom. The van der Waals surface area contributed by atoms with Gasteiger partial charge in [-0.25, -0.2) is 4.99 Å². The van der Waals surface area contributed by atoms with Crippen molar-refractivity contribution in [3.63, 3.8) is 0 Å². The first kappa shape index (κ1) is 22.8. The number of benzene rings is 5. The summed E-state index contributed by atoms with van der Waals surface area (Å²) in [5.74, 6) is 0. The zero-order chi connectivity index (χ0) is 24.9. The van der Waals surface area contributed by atoms with Crippen molar-refractivity contribution in [1.29, 1.82) is 0 Å². The minimum Gasteiger partial charge on any atom is -0.352 e. The molecule has 0 amide bonds. The van der Waals surface area contributed by atoms with Gasteiger partial charge in [0.1, 0.15) is 0 Å². The van der Waals surface area contributed by atoms with Gasteiger partial charge in [0.15, 0.2) is 0 Å². The van der Waals surface area contributed by atoms with Gasteiger partial charge in [-0.15, -0.1) is 0 Å². The molecule has 1 atom stereocenters. The molecule has 2 heteroatoms. The first-order valence-electron chi connectivity index (χ1n) is 12.7. The third-order valence-electron chi connectivity index (χ3n) is 6.79. The van der Waals surface area contributed by atoms with Gasteiger partial charge in [-0.05, 0) is 16.7 Å². The number of rotatable bonds is 6. The lowest BCUT2D eigenvalue weighted by molar-refractivity contribution is 0.351. The Morgan fingerprint density at radius 1 is 0.486 bits per heavy atom. The maximum absolute atomic E-state index is 5.48. The average molecular weight is 477 g/mol. The standard InChI is InChI=1S/C35H28N2/c1-6-16-27(17-7-1)26-37-34(30-22-12-4-13-23-30)32(28-18-8-2-9-19-28)36-33(29-20-10-3-11-21-29)35(37)31-24-14-5-15-25-31/h1-25,34H,26H2. The molecule has 0 spiro atoms. The predicted molar refractivity (Wildman–Crippen MR) is 154 cm³/mol. The molecule has 0 N–H and O–H groups in total. The van der Waals surface area contributed by atoms with Crippen molar-refractivity contribution >= 4 is 17.1 Å². The van der Waals surface area contributed by atoms with Gasteiger partial charge in [-0.3, -0.25) is 0 Å². The maximum Gasteiger partial charge on any atom is 0.0977 e. The van der Waals surface area contributed by atoms with Crippen molar-refractivity contribution in [3.8, 4) is 0 Å². The SMILES string of the molecule is c1ccc(CN2C(c3ccccc3)=C(c3ccccc3)N=C(c3ccccc3)C2c2ccccc2)cc1. The van der Waals surface area contributed by atoms with Gasteiger partial charge in [0.25, 0.3) is 0 Å². The van der Waals surface area contributed by atoms with E-state index in [-0.39, 0.29) is 6.04 Å². The Morgan fingerprint density at radius 3 is 1.51 bits per heavy atom. The monoisotopic (exact) mass is 476 g/mol. The topological polar surface area (TPSA) is 15.6 Å². The fourth-order valence-electron chi connectivity index (χ4n) is 5.10. The minimum absolute atomic E-state index is 0.0496. The lowest BCUT2D eigenvalue weighted by Gasteiger charge is -2.41. The summed E-state index contributed by atoms with van der Waals surface area (Å²) >= 11 is 0. The Bertz CT molecular complexity index is 1510. The maximum atomic E-state index is 5.48. The normalized spacial score (nSPS) is 15.4. The molecule has 37 heavy (non-hydrogen) atoms. The molecule has 6 rings (SSSR count). The lowest BCUT2D eigenvalue weighted by atomic mass is 9.89. The van der Waals surface area contributed by atoms with E-state index in [1.807, 2.05) is 0 Å². The van der Waals surface area contributed by atoms with Gasteiger partial charge in [-0.1, -0.05) is 152 Å². The van der Waals surface area contributed by atoms with Crippen LogP contribution in [0.25, 0.3) is 11.4 Å². The van der Waals surface area contributed by atoms with Gasteiger partial charge < -0.3 is 4.90 Å². The number of aliphatic imine (C=N–C) groups is 1. The molecule has 0 bridgehead atoms. The largest absolute Gasteiger partial charge is 0.352 e. The van der Waals surface area contributed by atoms with Crippen LogP contribution in [-0.4, -0.2) is 10.6 Å². The van der Waals surface area contributed by atoms with Crippen LogP contribution in [0.15, 0.2) is 157 Å². The fourth-order valence-corrected chi connectivity index (χ4v) is 5.10. The summed E-state index contributed by atoms with van der Waals surface area (Å²) in [4.78, 5) is 8.02. The summed E-state index contributed by atoms with van der Waals surface area (Å²) in [6.07, 6.45) is 0. The molecule has 5 aromatic carbocycles. The van der Waals surface area contributed by atoms with Crippen LogP contribution < -0.4 is 0 Å². The van der Waals surface area contributed by atoms with Crippen molar-refractivity contribution < 1.29 is 0 Å². The van der Waals surface area contributed by atoms with E-state index in [1.54, 1.807) is 0 Å². The summed E-state index contributed by atoms with van der Waals surface area (Å²) in [5, 5.41) is 0. The van der Waals surface area contributed by atoms with Crippen LogP contribution in [0.5, 0.6) is 0 Å². The molecular weight excluding hydrogens is 448 g/mol. The van der Waals surface area contributed by atoms with E-state index in [0.717, 1.165) is 40.3 Å². The molecule has 1 aliphatic rings. The van der Waals surface area contributed by atoms with E-state index in [0.29, 0.717) is 0 Å². The third-order valence-corrected chi connectivity index (χ3v) is 6.79. The smallest absolute Gasteiger partial charge is 0.0977 e. The Labute approximate surface area is 218 Å². The molecule has 1 unspecified atom stereocenters. The molecular formula is C35H28N2. The van der Waals surface area contributed by atoms with Crippen LogP contribution in [0.1, 0.15) is 33.9 Å². The molecule has 0 radical (unpaired) electrons. The highest BCUT2D eigenvalue weighted by Crippen LogP contribution is 2.43. The van der Waals surface area contributed by atoms with Crippen molar-refractivity contribution in [2.75, 3.05) is 0 Å². The molecule has 1 aliphatic heterocycles. The van der Waals surface area contributed by atoms with Crippen molar-refractivity contribution in [2.24, 2.45) is 4.99 Å². The fraction of sp³-hybridized carbons (Fsp3) is 0.0571. The number of hydrogen-bond acceptors (Lipinski definition) is 2. The van der Waals surface area contributed by atoms with Gasteiger partial charge in [-0.2, -0.15) is 0 Å². The van der Waals surface area contributed by atoms with E-state index in [9.17, 15) is 0 Å². The Hall–Kier alpha value is -4.69. The van der Waals surface area contributed by atoms with Crippen LogP contribution >= 0.6 is 0 Å². The molecule has 1 heterocycles. The van der Waals surface area contributed by atoms with Gasteiger partial charge >= 0.3 is 0 Å². The van der Waals surface area contributed by atoms with Crippen LogP contribution in [-0.2, 0) is 6.54 Å². The molecule has 0 aliphatic carbocycles. The number of hydrogen-bond donors (Lipinski definition) is 0. The highest BCUT2D eigenvalue weighted by Gasteiger charge is 2.35. The zero-order valence-electron chi connectivity index (χ0n) is 20.6. The van der Waals surface area contributed by atoms with Crippen molar-refractivity contribution in [1.82, 2.24) is 4.90 Å². The summed E-state index contributed by atoms with van der Waals surface area (Å²) in [5.41, 5.74) is 9.09. The third kappa shape index (κ3) is 4.74. The quantitative estimate of drug-likeness (QED) is 0.241. The molecule has 5 aromatic rings. The second-order valence-corrected chi connectivity index (χ2v) is 9.22. The molecule has 0 aromatic heterocycles. The van der Waals surface area contributed by atoms with Gasteiger partial charge in [0, 0.05) is 17.7 Å². The van der Waals surface area contributed by atoms with E-state index in [4.69, 9.17) is 4.99 Å². The summed E-state index contributed by atoms with van der Waals surface area (Å²) < 4.78 is 0.